The first-order valence-electron chi connectivity index (χ1n) is 5.78. The van der Waals surface area contributed by atoms with Gasteiger partial charge in [-0.05, 0) is 32.9 Å². The van der Waals surface area contributed by atoms with Gasteiger partial charge in [-0.1, -0.05) is 0 Å². The molecule has 0 radical (unpaired) electrons. The average Bonchev–Trinajstić information content (AvgIpc) is 2.20. The van der Waals surface area contributed by atoms with E-state index in [-0.39, 0.29) is 5.69 Å². The zero-order valence-corrected chi connectivity index (χ0v) is 11.3. The van der Waals surface area contributed by atoms with E-state index in [1.165, 1.54) is 0 Å². The summed E-state index contributed by atoms with van der Waals surface area (Å²) in [5, 5.41) is 10.7. The third kappa shape index (κ3) is 4.83. The molecule has 1 amide bonds. The van der Waals surface area contributed by atoms with E-state index >= 15 is 0 Å². The lowest BCUT2D eigenvalue weighted by Crippen LogP contribution is -2.27. The number of nitrogens with one attached hydrogen (secondary N) is 1. The second-order valence-electron chi connectivity index (χ2n) is 5.12. The molecule has 7 heteroatoms. The summed E-state index contributed by atoms with van der Waals surface area (Å²) in [6, 6.07) is 1.68. The van der Waals surface area contributed by atoms with Gasteiger partial charge in [-0.3, -0.25) is 10.1 Å². The summed E-state index contributed by atoms with van der Waals surface area (Å²) < 4.78 is 32.1. The van der Waals surface area contributed by atoms with Crippen LogP contribution in [-0.2, 0) is 16.0 Å². The highest BCUT2D eigenvalue weighted by atomic mass is 19.1. The standard InChI is InChI=1S/C13H15F2NO4/c1-13(2,3)20-12(19)16-7-4-9(14)8(6-11(17)18)10(15)5-7/h4-5H,6H2,1-3H3,(H,16,19)(H,17,18). The molecule has 0 atom stereocenters. The lowest BCUT2D eigenvalue weighted by atomic mass is 10.1. The number of benzene rings is 1. The topological polar surface area (TPSA) is 75.6 Å². The van der Waals surface area contributed by atoms with Crippen LogP contribution in [0.2, 0.25) is 0 Å². The van der Waals surface area contributed by atoms with Crippen LogP contribution in [-0.4, -0.2) is 22.8 Å². The first kappa shape index (κ1) is 15.9. The van der Waals surface area contributed by atoms with Crippen LogP contribution < -0.4 is 5.32 Å². The largest absolute Gasteiger partial charge is 0.481 e. The van der Waals surface area contributed by atoms with Gasteiger partial charge in [0, 0.05) is 11.3 Å². The number of hydrogen-bond donors (Lipinski definition) is 2. The van der Waals surface area contributed by atoms with E-state index < -0.39 is 41.3 Å². The molecule has 1 aromatic carbocycles. The number of carboxylic acid groups (broad SMARTS) is 1. The molecule has 0 spiro atoms. The first-order chi connectivity index (χ1) is 9.08. The molecule has 2 N–H and O–H groups in total. The number of ether oxygens (including phenoxy) is 1. The van der Waals surface area contributed by atoms with Crippen molar-refractivity contribution in [1.29, 1.82) is 0 Å². The van der Waals surface area contributed by atoms with Crippen LogP contribution in [0.5, 0.6) is 0 Å². The molecule has 110 valence electrons. The van der Waals surface area contributed by atoms with Crippen LogP contribution in [0.3, 0.4) is 0 Å². The lowest BCUT2D eigenvalue weighted by molar-refractivity contribution is -0.136. The maximum absolute atomic E-state index is 13.6. The van der Waals surface area contributed by atoms with E-state index in [2.05, 4.69) is 5.32 Å². The Bertz CT molecular complexity index is 515. The highest BCUT2D eigenvalue weighted by Gasteiger charge is 2.18. The molecule has 0 aliphatic carbocycles. The maximum Gasteiger partial charge on any atom is 0.412 e. The predicted molar refractivity (Wildman–Crippen MR) is 67.6 cm³/mol. The van der Waals surface area contributed by atoms with Gasteiger partial charge in [0.2, 0.25) is 0 Å². The highest BCUT2D eigenvalue weighted by Crippen LogP contribution is 2.20. The summed E-state index contributed by atoms with van der Waals surface area (Å²) in [6.45, 7) is 4.93. The zero-order chi connectivity index (χ0) is 15.5. The number of halogens is 2. The van der Waals surface area contributed by atoms with Gasteiger partial charge in [-0.2, -0.15) is 0 Å². The summed E-state index contributed by atoms with van der Waals surface area (Å²) in [4.78, 5) is 21.9. The van der Waals surface area contributed by atoms with Crippen molar-refractivity contribution in [3.63, 3.8) is 0 Å². The number of hydrogen-bond acceptors (Lipinski definition) is 3. The number of anilines is 1. The van der Waals surface area contributed by atoms with Crippen LogP contribution in [0.1, 0.15) is 26.3 Å². The van der Waals surface area contributed by atoms with Crippen molar-refractivity contribution in [2.75, 3.05) is 5.32 Å². The normalized spacial score (nSPS) is 11.1. The summed E-state index contributed by atoms with van der Waals surface area (Å²) in [5.41, 5.74) is -1.46. The summed E-state index contributed by atoms with van der Waals surface area (Å²) >= 11 is 0. The van der Waals surface area contributed by atoms with Crippen molar-refractivity contribution in [2.45, 2.75) is 32.8 Å². The molecule has 0 fully saturated rings. The van der Waals surface area contributed by atoms with Crippen molar-refractivity contribution in [3.8, 4) is 0 Å². The molecule has 0 heterocycles. The Morgan fingerprint density at radius 3 is 2.15 bits per heavy atom. The maximum atomic E-state index is 13.6. The molecule has 0 aromatic heterocycles. The number of carbonyl (C=O) groups excluding carboxylic acids is 1. The number of aliphatic carboxylic acids is 1. The fourth-order valence-corrected chi connectivity index (χ4v) is 1.42. The average molecular weight is 287 g/mol. The Balaban J connectivity index is 2.89. The van der Waals surface area contributed by atoms with Gasteiger partial charge in [0.1, 0.15) is 17.2 Å². The minimum absolute atomic E-state index is 0.150. The zero-order valence-electron chi connectivity index (χ0n) is 11.3. The van der Waals surface area contributed by atoms with Crippen molar-refractivity contribution in [2.24, 2.45) is 0 Å². The molecular formula is C13H15F2NO4. The van der Waals surface area contributed by atoms with E-state index in [4.69, 9.17) is 9.84 Å². The number of carbonyl (C=O) groups is 2. The minimum atomic E-state index is -1.35. The first-order valence-corrected chi connectivity index (χ1v) is 5.78. The third-order valence-corrected chi connectivity index (χ3v) is 2.11. The Morgan fingerprint density at radius 1 is 1.25 bits per heavy atom. The quantitative estimate of drug-likeness (QED) is 0.896. The minimum Gasteiger partial charge on any atom is -0.481 e. The molecule has 5 nitrogen and oxygen atoms in total. The number of amides is 1. The smallest absolute Gasteiger partial charge is 0.412 e. The van der Waals surface area contributed by atoms with E-state index in [0.717, 1.165) is 12.1 Å². The van der Waals surface area contributed by atoms with Crippen molar-refractivity contribution in [1.82, 2.24) is 0 Å². The van der Waals surface area contributed by atoms with Crippen LogP contribution in [0, 0.1) is 11.6 Å². The fraction of sp³-hybridized carbons (Fsp3) is 0.385. The van der Waals surface area contributed by atoms with Crippen molar-refractivity contribution < 1.29 is 28.2 Å². The Kier molecular flexibility index (Phi) is 4.65. The molecular weight excluding hydrogens is 272 g/mol. The van der Waals surface area contributed by atoms with Crippen molar-refractivity contribution in [3.05, 3.63) is 29.3 Å². The van der Waals surface area contributed by atoms with Crippen LogP contribution >= 0.6 is 0 Å². The fourth-order valence-electron chi connectivity index (χ4n) is 1.42. The Hall–Kier alpha value is -2.18. The monoisotopic (exact) mass is 287 g/mol. The van der Waals surface area contributed by atoms with Gasteiger partial charge in [0.15, 0.2) is 0 Å². The van der Waals surface area contributed by atoms with Gasteiger partial charge >= 0.3 is 12.1 Å². The molecule has 0 aliphatic rings. The molecule has 20 heavy (non-hydrogen) atoms. The van der Waals surface area contributed by atoms with E-state index in [1.807, 2.05) is 0 Å². The number of rotatable bonds is 3. The van der Waals surface area contributed by atoms with Crippen LogP contribution in [0.15, 0.2) is 12.1 Å². The predicted octanol–water partition coefficient (Wildman–Crippen LogP) is 2.94. The molecule has 0 bridgehead atoms. The molecule has 0 unspecified atom stereocenters. The van der Waals surface area contributed by atoms with Gasteiger partial charge in [0.05, 0.1) is 6.42 Å². The SMILES string of the molecule is CC(C)(C)OC(=O)Nc1cc(F)c(CC(=O)O)c(F)c1. The third-order valence-electron chi connectivity index (χ3n) is 2.11. The second-order valence-corrected chi connectivity index (χ2v) is 5.12. The molecule has 1 aromatic rings. The molecule has 1 rings (SSSR count). The van der Waals surface area contributed by atoms with Gasteiger partial charge in [-0.25, -0.2) is 13.6 Å². The Labute approximate surface area is 114 Å². The van der Waals surface area contributed by atoms with E-state index in [1.54, 1.807) is 20.8 Å². The van der Waals surface area contributed by atoms with Gasteiger partial charge in [-0.15, -0.1) is 0 Å². The molecule has 0 aliphatic heterocycles. The van der Waals surface area contributed by atoms with Crippen LogP contribution in [0.25, 0.3) is 0 Å². The lowest BCUT2D eigenvalue weighted by Gasteiger charge is -2.19. The van der Waals surface area contributed by atoms with Gasteiger partial charge in [0.25, 0.3) is 0 Å². The summed E-state index contributed by atoms with van der Waals surface area (Å²) in [5.74, 6) is -3.44. The Morgan fingerprint density at radius 2 is 1.75 bits per heavy atom. The van der Waals surface area contributed by atoms with Crippen LogP contribution in [0.4, 0.5) is 19.3 Å². The highest BCUT2D eigenvalue weighted by molar-refractivity contribution is 5.85. The van der Waals surface area contributed by atoms with Crippen molar-refractivity contribution >= 4 is 17.7 Å². The van der Waals surface area contributed by atoms with E-state index in [0.29, 0.717) is 0 Å². The number of carboxylic acids is 1. The van der Waals surface area contributed by atoms with Gasteiger partial charge < -0.3 is 9.84 Å². The summed E-state index contributed by atoms with van der Waals surface area (Å²) in [7, 11) is 0. The summed E-state index contributed by atoms with van der Waals surface area (Å²) in [6.07, 6.45) is -1.63. The van der Waals surface area contributed by atoms with E-state index in [9.17, 15) is 18.4 Å². The molecule has 0 saturated carbocycles. The molecule has 0 saturated heterocycles. The second kappa shape index (κ2) is 5.85.